The third-order valence-electron chi connectivity index (χ3n) is 1.89. The van der Waals surface area contributed by atoms with Crippen molar-refractivity contribution in [3.8, 4) is 0 Å². The Hall–Kier alpha value is 0.400. The maximum Gasteiger partial charge on any atom is 0.145 e. The molecule has 1 fully saturated rings. The molecule has 2 atom stereocenters. The predicted octanol–water partition coefficient (Wildman–Crippen LogP) is 2.18. The monoisotopic (exact) mass is 238 g/mol. The van der Waals surface area contributed by atoms with Crippen molar-refractivity contribution < 1.29 is 4.79 Å². The lowest BCUT2D eigenvalue weighted by molar-refractivity contribution is -0.120. The van der Waals surface area contributed by atoms with E-state index < -0.39 is 0 Å². The van der Waals surface area contributed by atoms with Crippen molar-refractivity contribution >= 4 is 28.4 Å². The van der Waals surface area contributed by atoms with Crippen LogP contribution in [-0.2, 0) is 4.79 Å². The number of carbonyl (C=O) groups excluding carboxylic acids is 1. The fraction of sp³-hybridized carbons (Fsp3) is 0.857. The van der Waals surface area contributed by atoms with Crippen LogP contribution in [0.3, 0.4) is 0 Å². The van der Waals surface area contributed by atoms with Gasteiger partial charge in [-0.3, -0.25) is 4.79 Å². The molecule has 0 heterocycles. The molecule has 0 amide bonds. The molecule has 9 heavy (non-hydrogen) atoms. The minimum absolute atomic E-state index is 0.302. The molecular weight excluding hydrogens is 227 g/mol. The first kappa shape index (κ1) is 7.51. The van der Waals surface area contributed by atoms with Crippen molar-refractivity contribution in [2.75, 3.05) is 0 Å². The van der Waals surface area contributed by atoms with Crippen LogP contribution in [0.1, 0.15) is 26.2 Å². The van der Waals surface area contributed by atoms with Crippen LogP contribution >= 0.6 is 22.6 Å². The van der Waals surface area contributed by atoms with Crippen LogP contribution < -0.4 is 0 Å². The molecule has 1 aliphatic carbocycles. The molecule has 0 aromatic carbocycles. The molecule has 1 rings (SSSR count). The van der Waals surface area contributed by atoms with Gasteiger partial charge in [-0.05, 0) is 18.8 Å². The summed E-state index contributed by atoms with van der Waals surface area (Å²) in [5, 5.41) is 0. The van der Waals surface area contributed by atoms with Gasteiger partial charge in [-0.2, -0.15) is 0 Å². The van der Waals surface area contributed by atoms with Crippen LogP contribution in [0.5, 0.6) is 0 Å². The molecule has 0 spiro atoms. The van der Waals surface area contributed by atoms with E-state index in [2.05, 4.69) is 29.5 Å². The molecule has 1 nitrogen and oxygen atoms in total. The molecule has 1 saturated carbocycles. The van der Waals surface area contributed by atoms with Gasteiger partial charge in [0.2, 0.25) is 0 Å². The second kappa shape index (κ2) is 2.99. The minimum Gasteiger partial charge on any atom is -0.299 e. The van der Waals surface area contributed by atoms with Gasteiger partial charge in [0.25, 0.3) is 0 Å². The molecule has 0 bridgehead atoms. The van der Waals surface area contributed by atoms with E-state index in [-0.39, 0.29) is 0 Å². The standard InChI is InChI=1S/C7H11IO/c1-5-3-2-4-6(9)7(5)8/h5,7H,2-4H2,1H3/t5-,7-/m0/s1. The Balaban J connectivity index is 2.51. The smallest absolute Gasteiger partial charge is 0.145 e. The summed E-state index contributed by atoms with van der Waals surface area (Å²) in [5.41, 5.74) is 0. The number of alkyl halides is 1. The number of ketones is 1. The topological polar surface area (TPSA) is 17.1 Å². The molecule has 1 aliphatic rings. The second-order valence-electron chi connectivity index (χ2n) is 2.74. The van der Waals surface area contributed by atoms with Crippen LogP contribution in [0, 0.1) is 5.92 Å². The lowest BCUT2D eigenvalue weighted by Crippen LogP contribution is -2.26. The first-order chi connectivity index (χ1) is 4.22. The van der Waals surface area contributed by atoms with Gasteiger partial charge >= 0.3 is 0 Å². The quantitative estimate of drug-likeness (QED) is 0.467. The fourth-order valence-electron chi connectivity index (χ4n) is 1.20. The number of halogens is 1. The van der Waals surface area contributed by atoms with Gasteiger partial charge in [0.05, 0.1) is 3.92 Å². The van der Waals surface area contributed by atoms with Crippen LogP contribution in [0.15, 0.2) is 0 Å². The van der Waals surface area contributed by atoms with E-state index in [9.17, 15) is 4.79 Å². The van der Waals surface area contributed by atoms with E-state index >= 15 is 0 Å². The van der Waals surface area contributed by atoms with Gasteiger partial charge in [-0.25, -0.2) is 0 Å². The second-order valence-corrected chi connectivity index (χ2v) is 4.08. The Kier molecular flexibility index (Phi) is 2.50. The third kappa shape index (κ3) is 1.66. The van der Waals surface area contributed by atoms with Crippen LogP contribution in [0.2, 0.25) is 0 Å². The lowest BCUT2D eigenvalue weighted by Gasteiger charge is -2.21. The number of hydrogen-bond donors (Lipinski definition) is 0. The van der Waals surface area contributed by atoms with Crippen molar-refractivity contribution in [1.29, 1.82) is 0 Å². The molecule has 0 aliphatic heterocycles. The Morgan fingerprint density at radius 1 is 1.67 bits per heavy atom. The van der Waals surface area contributed by atoms with Gasteiger partial charge < -0.3 is 0 Å². The van der Waals surface area contributed by atoms with Gasteiger partial charge in [0.15, 0.2) is 0 Å². The van der Waals surface area contributed by atoms with Crippen LogP contribution in [0.4, 0.5) is 0 Å². The van der Waals surface area contributed by atoms with Gasteiger partial charge in [-0.1, -0.05) is 29.5 Å². The van der Waals surface area contributed by atoms with Crippen LogP contribution in [0.25, 0.3) is 0 Å². The van der Waals surface area contributed by atoms with E-state index in [0.717, 1.165) is 12.8 Å². The zero-order valence-electron chi connectivity index (χ0n) is 5.56. The average Bonchev–Trinajstić information content (AvgIpc) is 1.83. The zero-order chi connectivity index (χ0) is 6.85. The number of carbonyl (C=O) groups is 1. The normalized spacial score (nSPS) is 36.9. The molecule has 52 valence electrons. The zero-order valence-corrected chi connectivity index (χ0v) is 7.72. The molecule has 0 radical (unpaired) electrons. The summed E-state index contributed by atoms with van der Waals surface area (Å²) in [6.07, 6.45) is 3.16. The third-order valence-corrected chi connectivity index (χ3v) is 3.81. The van der Waals surface area contributed by atoms with Crippen molar-refractivity contribution in [2.45, 2.75) is 30.1 Å². The van der Waals surface area contributed by atoms with E-state index in [1.165, 1.54) is 6.42 Å². The largest absolute Gasteiger partial charge is 0.299 e. The van der Waals surface area contributed by atoms with Crippen molar-refractivity contribution in [3.05, 3.63) is 0 Å². The Morgan fingerprint density at radius 3 is 2.78 bits per heavy atom. The number of hydrogen-bond acceptors (Lipinski definition) is 1. The van der Waals surface area contributed by atoms with E-state index in [1.807, 2.05) is 0 Å². The summed E-state index contributed by atoms with van der Waals surface area (Å²) in [6.45, 7) is 2.16. The predicted molar refractivity (Wildman–Crippen MR) is 45.8 cm³/mol. The highest BCUT2D eigenvalue weighted by Crippen LogP contribution is 2.26. The Morgan fingerprint density at radius 2 is 2.33 bits per heavy atom. The number of rotatable bonds is 0. The maximum absolute atomic E-state index is 11.0. The average molecular weight is 238 g/mol. The summed E-state index contributed by atoms with van der Waals surface area (Å²) < 4.78 is 0.302. The molecule has 0 aromatic heterocycles. The Bertz CT molecular complexity index is 122. The summed E-state index contributed by atoms with van der Waals surface area (Å²) in [7, 11) is 0. The van der Waals surface area contributed by atoms with Gasteiger partial charge in [0.1, 0.15) is 5.78 Å². The summed E-state index contributed by atoms with van der Waals surface area (Å²) in [5.74, 6) is 1.07. The van der Waals surface area contributed by atoms with E-state index in [1.54, 1.807) is 0 Å². The molecule has 0 N–H and O–H groups in total. The molecular formula is C7H11IO. The minimum atomic E-state index is 0.302. The maximum atomic E-state index is 11.0. The summed E-state index contributed by atoms with van der Waals surface area (Å²) in [6, 6.07) is 0. The lowest BCUT2D eigenvalue weighted by atomic mass is 9.90. The number of Topliss-reactive ketones (excluding diaryl/α,β-unsaturated/α-hetero) is 1. The highest BCUT2D eigenvalue weighted by Gasteiger charge is 2.25. The van der Waals surface area contributed by atoms with Crippen LogP contribution in [-0.4, -0.2) is 9.71 Å². The van der Waals surface area contributed by atoms with Crippen molar-refractivity contribution in [1.82, 2.24) is 0 Å². The highest BCUT2D eigenvalue weighted by atomic mass is 127. The first-order valence-electron chi connectivity index (χ1n) is 3.38. The fourth-order valence-corrected chi connectivity index (χ4v) is 1.87. The molecule has 0 aromatic rings. The van der Waals surface area contributed by atoms with E-state index in [4.69, 9.17) is 0 Å². The van der Waals surface area contributed by atoms with Crippen molar-refractivity contribution in [3.63, 3.8) is 0 Å². The summed E-state index contributed by atoms with van der Waals surface area (Å²) in [4.78, 5) is 11.0. The van der Waals surface area contributed by atoms with Gasteiger partial charge in [0, 0.05) is 6.42 Å². The van der Waals surface area contributed by atoms with Crippen molar-refractivity contribution in [2.24, 2.45) is 5.92 Å². The Labute approximate surface area is 69.3 Å². The van der Waals surface area contributed by atoms with Gasteiger partial charge in [-0.15, -0.1) is 0 Å². The van der Waals surface area contributed by atoms with E-state index in [0.29, 0.717) is 15.6 Å². The molecule has 0 saturated heterocycles. The SMILES string of the molecule is C[C@H]1CCCC(=O)[C@H]1I. The first-order valence-corrected chi connectivity index (χ1v) is 4.63. The highest BCUT2D eigenvalue weighted by molar-refractivity contribution is 14.1. The molecule has 2 heteroatoms. The summed E-state index contributed by atoms with van der Waals surface area (Å²) >= 11 is 2.26. The molecule has 0 unspecified atom stereocenters.